The van der Waals surface area contributed by atoms with E-state index in [0.717, 1.165) is 162 Å². The van der Waals surface area contributed by atoms with Gasteiger partial charge in [0.1, 0.15) is 0 Å². The molecule has 0 amide bonds. The Morgan fingerprint density at radius 1 is 0.333 bits per heavy atom. The van der Waals surface area contributed by atoms with Crippen LogP contribution in [0.25, 0.3) is 28.0 Å². The Morgan fingerprint density at radius 2 is 0.692 bits per heavy atom. The molecule has 0 fully saturated rings. The van der Waals surface area contributed by atoms with Crippen LogP contribution in [0.3, 0.4) is 0 Å². The van der Waals surface area contributed by atoms with Crippen molar-refractivity contribution in [3.8, 4) is 11.8 Å². The van der Waals surface area contributed by atoms with E-state index in [1.807, 2.05) is 14.4 Å². The zero-order chi connectivity index (χ0) is 86.9. The van der Waals surface area contributed by atoms with Gasteiger partial charge in [0, 0.05) is 35.1 Å². The molecule has 4 nitrogen and oxygen atoms in total. The monoisotopic (exact) mass is 1780 g/mol. The summed E-state index contributed by atoms with van der Waals surface area (Å²) < 4.78 is 1.55. The molecule has 120 heavy (non-hydrogen) atoms. The molecule has 0 N–H and O–H groups in total. The van der Waals surface area contributed by atoms with Crippen molar-refractivity contribution in [3.05, 3.63) is 175 Å². The van der Waals surface area contributed by atoms with Gasteiger partial charge < -0.3 is 11.1 Å². The quantitative estimate of drug-likeness (QED) is 0.00618. The summed E-state index contributed by atoms with van der Waals surface area (Å²) in [5.74, 6) is 10.1. The molecule has 0 aromatic heterocycles. The molecule has 5 rings (SSSR count). The summed E-state index contributed by atoms with van der Waals surface area (Å²) >= 11 is 3.04. The summed E-state index contributed by atoms with van der Waals surface area (Å²) in [6, 6.07) is 36.1. The average Bonchev–Trinajstić information content (AvgIpc) is 1.60. The summed E-state index contributed by atoms with van der Waals surface area (Å²) in [5, 5.41) is 2.81. The van der Waals surface area contributed by atoms with Crippen LogP contribution in [0.4, 0.5) is 0 Å². The van der Waals surface area contributed by atoms with Crippen LogP contribution >= 0.6 is 0 Å². The number of hydrogen-bond acceptors (Lipinski definition) is 0. The van der Waals surface area contributed by atoms with Crippen LogP contribution in [-0.2, 0) is 58.1 Å². The Morgan fingerprint density at radius 3 is 1.13 bits per heavy atom. The summed E-state index contributed by atoms with van der Waals surface area (Å²) in [5.41, 5.74) is 40.3. The van der Waals surface area contributed by atoms with Crippen LogP contribution in [0.5, 0.6) is 0 Å². The number of hydrogen-bond donors (Lipinski definition) is 0. The predicted octanol–water partition coefficient (Wildman–Crippen LogP) is 38.8. The fourth-order valence-corrected chi connectivity index (χ4v) is 19.5. The third-order valence-electron chi connectivity index (χ3n) is 23.8. The van der Waals surface area contributed by atoms with Crippen molar-refractivity contribution < 1.29 is 41.9 Å². The second-order valence-corrected chi connectivity index (χ2v) is 38.7. The van der Waals surface area contributed by atoms with E-state index < -0.39 is 0 Å². The molecular weight excluding hydrogens is 1590 g/mol. The van der Waals surface area contributed by atoms with Crippen LogP contribution in [-0.4, -0.2) is 15.4 Å². The van der Waals surface area contributed by atoms with Crippen molar-refractivity contribution in [2.45, 2.75) is 515 Å². The predicted molar refractivity (Wildman–Crippen MR) is 528 cm³/mol. The molecule has 0 unspecified atom stereocenters. The van der Waals surface area contributed by atoms with Crippen LogP contribution in [0, 0.1) is 11.8 Å². The van der Waals surface area contributed by atoms with Gasteiger partial charge in [-0.3, -0.25) is 0 Å². The van der Waals surface area contributed by atoms with Crippen LogP contribution in [0.2, 0.25) is 20.6 Å². The Hall–Kier alpha value is -4.42. The number of unbranched alkanes of at least 4 members (excludes halogenated alkanes) is 43. The summed E-state index contributed by atoms with van der Waals surface area (Å²) in [6.07, 6.45) is 82.9. The van der Waals surface area contributed by atoms with E-state index in [1.165, 1.54) is 372 Å². The molecule has 4 aromatic rings. The average molecular weight is 1780 g/mol. The van der Waals surface area contributed by atoms with Crippen molar-refractivity contribution in [2.75, 3.05) is 0 Å². The third-order valence-corrected chi connectivity index (χ3v) is 27.4. The van der Waals surface area contributed by atoms with E-state index in [1.54, 1.807) is 4.70 Å². The SMILES string of the molecule is CCCCCCCCCCCCCCCCCCCCCCCCC#CCCc1ccccc1C(=C(CCCC)C(=C=[N+]=[N-])CCCC)c1cccc(CCCC)c1.CCCCCCCCc1cccc(C2=C(CCCC)C(CCCC)=C(c3cccc(CCCC)c3)[N+]2=[N-])c1.CCCCC[CH2][Pd][CH2]CCCCC.CCCC[CH2][Ni][CH2]CCCC. The first-order valence-electron chi connectivity index (χ1n) is 51.5. The summed E-state index contributed by atoms with van der Waals surface area (Å²) in [4.78, 5) is 6.53. The molecule has 684 valence electrons. The van der Waals surface area contributed by atoms with Gasteiger partial charge in [-0.25, -0.2) is 4.70 Å². The molecule has 0 spiro atoms. The maximum absolute atomic E-state index is 11.9. The summed E-state index contributed by atoms with van der Waals surface area (Å²) in [6.45, 7) is 27.2. The van der Waals surface area contributed by atoms with Crippen molar-refractivity contribution in [2.24, 2.45) is 0 Å². The normalized spacial score (nSPS) is 12.1. The van der Waals surface area contributed by atoms with Crippen LogP contribution < -0.4 is 0 Å². The number of rotatable bonds is 72. The molecule has 0 saturated heterocycles. The number of aryl methyl sites for hydroxylation is 4. The second kappa shape index (κ2) is 82.8. The van der Waals surface area contributed by atoms with Crippen molar-refractivity contribution in [1.29, 1.82) is 0 Å². The van der Waals surface area contributed by atoms with Gasteiger partial charge in [-0.2, -0.15) is 0 Å². The van der Waals surface area contributed by atoms with E-state index in [4.69, 9.17) is 0 Å². The van der Waals surface area contributed by atoms with E-state index in [0.29, 0.717) is 0 Å². The minimum absolute atomic E-state index is 0.867. The van der Waals surface area contributed by atoms with Gasteiger partial charge in [0.2, 0.25) is 11.4 Å². The topological polar surface area (TPSA) is 61.7 Å². The minimum atomic E-state index is 0.867. The van der Waals surface area contributed by atoms with E-state index in [-0.39, 0.29) is 0 Å². The first kappa shape index (κ1) is 112. The zero-order valence-electron chi connectivity index (χ0n) is 80.7. The molecule has 4 aromatic carbocycles. The Bertz CT molecular complexity index is 3340. The van der Waals surface area contributed by atoms with Crippen LogP contribution in [0.1, 0.15) is 513 Å². The van der Waals surface area contributed by atoms with Crippen molar-refractivity contribution in [3.63, 3.8) is 0 Å². The molecule has 0 radical (unpaired) electrons. The molecule has 6 heteroatoms. The van der Waals surface area contributed by atoms with Crippen molar-refractivity contribution >= 4 is 22.8 Å². The number of allylic oxidation sites excluding steroid dienone is 4. The first-order chi connectivity index (χ1) is 59.2. The fraction of sp³-hybridized carbons (Fsp3) is 0.702. The second-order valence-electron chi connectivity index (χ2n) is 34.9. The zero-order valence-corrected chi connectivity index (χ0v) is 83.3. The molecule has 1 heterocycles. The first-order valence-corrected chi connectivity index (χ1v) is 55.1. The maximum atomic E-state index is 11.9. The van der Waals surface area contributed by atoms with E-state index in [2.05, 4.69) is 203 Å². The molecule has 0 atom stereocenters. The van der Waals surface area contributed by atoms with Gasteiger partial charge in [0.25, 0.3) is 0 Å². The third kappa shape index (κ3) is 55.1. The fourth-order valence-electron chi connectivity index (χ4n) is 16.3. The van der Waals surface area contributed by atoms with Gasteiger partial charge in [-0.05, 0) is 172 Å². The molecule has 1 aliphatic heterocycles. The van der Waals surface area contributed by atoms with Gasteiger partial charge in [-0.1, -0.05) is 334 Å². The van der Waals surface area contributed by atoms with Gasteiger partial charge >= 0.3 is 176 Å². The molecule has 0 aliphatic carbocycles. The van der Waals surface area contributed by atoms with Crippen LogP contribution in [0.15, 0.2) is 119 Å². The van der Waals surface area contributed by atoms with E-state index >= 15 is 0 Å². The molecule has 0 saturated carbocycles. The summed E-state index contributed by atoms with van der Waals surface area (Å²) in [7, 11) is 0. The van der Waals surface area contributed by atoms with E-state index in [9.17, 15) is 11.1 Å². The van der Waals surface area contributed by atoms with Gasteiger partial charge in [-0.15, -0.1) is 16.6 Å². The Labute approximate surface area is 760 Å². The standard InChI is InChI=1S/C56H88N2.C36H52N2.2C6H13.2C5H11.Ni.Pd/c1-5-9-13-14-15-16-17-18-19-20-21-22-23-24-25-26-27-28-29-30-31-32-33-34-35-36-43-51-44-37-38-47-54(51)56(52-45-39-41-50(48-52)40-10-6-2)55(46-12-8-4)53(49-58-57)42-11-7-3;1-5-9-13-14-15-16-20-30-22-18-24-32(28-30)36-34(26-12-8-4)33(25-11-7-3)35(38(36)37)31-23-17-21-29(27-31)19-10-6-2;2*1-3-5-6-4-2;2*1-3-5-4-2;;/h37-39,41,44-45,47-48H,5-33,36,40,42-43,46H2,1-4H3;17-18,21-24,27-28H,5-16,19-20,25-26H2,1-4H3;2*1,3-6H2,2H3;2*1,3-5H2,2H3;;. The molecular formula is C114H188N4NiPd. The van der Waals surface area contributed by atoms with Crippen molar-refractivity contribution in [1.82, 2.24) is 0 Å². The van der Waals surface area contributed by atoms with Gasteiger partial charge in [0.15, 0.2) is 0 Å². The van der Waals surface area contributed by atoms with Gasteiger partial charge in [0.05, 0.1) is 5.57 Å². The number of nitrogens with zero attached hydrogens (tertiary/aromatic N) is 4. The number of benzene rings is 4. The Kier molecular flexibility index (Phi) is 77.1. The molecule has 0 bridgehead atoms. The Balaban J connectivity index is 0.000000663. The molecule has 1 aliphatic rings.